The van der Waals surface area contributed by atoms with Crippen LogP contribution in [0.4, 0.5) is 0 Å². The molecule has 2 aromatic heterocycles. The highest BCUT2D eigenvalue weighted by Gasteiger charge is 2.19. The summed E-state index contributed by atoms with van der Waals surface area (Å²) in [6, 6.07) is 21.5. The normalized spacial score (nSPS) is 11.9. The fourth-order valence-electron chi connectivity index (χ4n) is 4.20. The Kier molecular flexibility index (Phi) is 4.56. The Hall–Kier alpha value is -3.48. The fourth-order valence-corrected chi connectivity index (χ4v) is 5.34. The number of benzene rings is 4. The number of allylic oxidation sites excluding steroid dienone is 1. The molecule has 0 spiro atoms. The molecule has 0 bridgehead atoms. The molecule has 0 aliphatic carbocycles. The lowest BCUT2D eigenvalue weighted by molar-refractivity contribution is 1.47. The Morgan fingerprint density at radius 1 is 0.625 bits per heavy atom. The van der Waals surface area contributed by atoms with Gasteiger partial charge in [-0.2, -0.15) is 17.5 Å². The molecule has 0 unspecified atom stereocenters. The second-order valence-electron chi connectivity index (χ2n) is 7.85. The lowest BCUT2D eigenvalue weighted by Crippen LogP contribution is -1.89. The van der Waals surface area contributed by atoms with Gasteiger partial charge in [0.05, 0.1) is 23.5 Å². The smallest absolute Gasteiger partial charge is 0.113 e. The average molecular weight is 451 g/mol. The second-order valence-corrected chi connectivity index (χ2v) is 8.91. The molecule has 0 radical (unpaired) electrons. The van der Waals surface area contributed by atoms with Gasteiger partial charge in [0.25, 0.3) is 0 Å². The standard InChI is InChI=1S/C26H18N4S2/c1-3-4-16-7-11-18(12-8-16)20-14-22-21(26-24(20)28-32-30-26)13-19(23-25(22)29-31-27-23)17-9-5-15(2)6-10-17/h3-14H,1-2H3/b4-3+. The lowest BCUT2D eigenvalue weighted by atomic mass is 9.94. The van der Waals surface area contributed by atoms with Gasteiger partial charge in [-0.3, -0.25) is 0 Å². The molecule has 32 heavy (non-hydrogen) atoms. The molecule has 0 amide bonds. The molecule has 2 heterocycles. The van der Waals surface area contributed by atoms with Crippen molar-refractivity contribution >= 4 is 62.4 Å². The predicted molar refractivity (Wildman–Crippen MR) is 136 cm³/mol. The van der Waals surface area contributed by atoms with Crippen molar-refractivity contribution in [3.63, 3.8) is 0 Å². The molecule has 0 fully saturated rings. The molecule has 0 saturated carbocycles. The Morgan fingerprint density at radius 3 is 1.59 bits per heavy atom. The summed E-state index contributed by atoms with van der Waals surface area (Å²) in [6.07, 6.45) is 4.15. The van der Waals surface area contributed by atoms with E-state index in [0.717, 1.165) is 55.1 Å². The van der Waals surface area contributed by atoms with E-state index in [4.69, 9.17) is 8.75 Å². The Labute approximate surface area is 193 Å². The third-order valence-electron chi connectivity index (χ3n) is 5.81. The summed E-state index contributed by atoms with van der Waals surface area (Å²) < 4.78 is 18.7. The number of fused-ring (bicyclic) bond motifs is 5. The highest BCUT2D eigenvalue weighted by molar-refractivity contribution is 7.00. The van der Waals surface area contributed by atoms with Crippen LogP contribution in [0.3, 0.4) is 0 Å². The van der Waals surface area contributed by atoms with E-state index in [-0.39, 0.29) is 0 Å². The third kappa shape index (κ3) is 3.03. The van der Waals surface area contributed by atoms with E-state index in [0.29, 0.717) is 0 Å². The van der Waals surface area contributed by atoms with E-state index in [1.807, 2.05) is 13.0 Å². The molecule has 6 aromatic rings. The van der Waals surface area contributed by atoms with E-state index in [1.165, 1.54) is 34.6 Å². The zero-order valence-corrected chi connectivity index (χ0v) is 19.2. The number of aryl methyl sites for hydroxylation is 1. The third-order valence-corrected chi connectivity index (χ3v) is 6.87. The van der Waals surface area contributed by atoms with Crippen molar-refractivity contribution in [1.29, 1.82) is 0 Å². The van der Waals surface area contributed by atoms with Crippen molar-refractivity contribution in [1.82, 2.24) is 17.5 Å². The molecule has 154 valence electrons. The first-order valence-corrected chi connectivity index (χ1v) is 11.8. The molecular formula is C26H18N4S2. The highest BCUT2D eigenvalue weighted by Crippen LogP contribution is 2.40. The molecule has 6 rings (SSSR count). The van der Waals surface area contributed by atoms with Crippen LogP contribution < -0.4 is 0 Å². The summed E-state index contributed by atoms with van der Waals surface area (Å²) in [5, 5.41) is 2.14. The van der Waals surface area contributed by atoms with Crippen LogP contribution >= 0.6 is 23.5 Å². The van der Waals surface area contributed by atoms with Gasteiger partial charge in [-0.05, 0) is 42.7 Å². The van der Waals surface area contributed by atoms with E-state index in [1.54, 1.807) is 0 Å². The lowest BCUT2D eigenvalue weighted by Gasteiger charge is -2.10. The van der Waals surface area contributed by atoms with Crippen LogP contribution in [0.2, 0.25) is 0 Å². The van der Waals surface area contributed by atoms with Gasteiger partial charge in [0.2, 0.25) is 0 Å². The first kappa shape index (κ1) is 19.2. The van der Waals surface area contributed by atoms with Crippen LogP contribution in [-0.2, 0) is 0 Å². The largest absolute Gasteiger partial charge is 0.172 e. The van der Waals surface area contributed by atoms with Gasteiger partial charge >= 0.3 is 0 Å². The molecule has 0 N–H and O–H groups in total. The molecule has 0 saturated heterocycles. The molecule has 4 aromatic carbocycles. The van der Waals surface area contributed by atoms with E-state index in [9.17, 15) is 0 Å². The SMILES string of the molecule is C/C=C/c1ccc(-c2cc3c(cc(-c4ccc(C)cc4)c4nsnc43)c3nsnc23)cc1. The number of rotatable bonds is 3. The van der Waals surface area contributed by atoms with Gasteiger partial charge in [-0.1, -0.05) is 66.2 Å². The predicted octanol–water partition coefficient (Wildman–Crippen LogP) is 7.52. The molecule has 0 aliphatic rings. The van der Waals surface area contributed by atoms with Gasteiger partial charge in [-0.15, -0.1) is 0 Å². The van der Waals surface area contributed by atoms with Gasteiger partial charge in [0.15, 0.2) is 0 Å². The summed E-state index contributed by atoms with van der Waals surface area (Å²) in [4.78, 5) is 0. The number of hydrogen-bond donors (Lipinski definition) is 0. The zero-order valence-electron chi connectivity index (χ0n) is 17.5. The van der Waals surface area contributed by atoms with Crippen LogP contribution in [-0.4, -0.2) is 17.5 Å². The van der Waals surface area contributed by atoms with Crippen LogP contribution in [0.5, 0.6) is 0 Å². The minimum absolute atomic E-state index is 0.920. The second kappa shape index (κ2) is 7.58. The van der Waals surface area contributed by atoms with Gasteiger partial charge in [0, 0.05) is 21.9 Å². The molecule has 0 atom stereocenters. The van der Waals surface area contributed by atoms with Gasteiger partial charge in [-0.25, -0.2) is 0 Å². The summed E-state index contributed by atoms with van der Waals surface area (Å²) in [5.41, 5.74) is 10.5. The van der Waals surface area contributed by atoms with Crippen molar-refractivity contribution in [2.45, 2.75) is 13.8 Å². The highest BCUT2D eigenvalue weighted by atomic mass is 32.1. The van der Waals surface area contributed by atoms with E-state index >= 15 is 0 Å². The summed E-state index contributed by atoms with van der Waals surface area (Å²) in [7, 11) is 0. The van der Waals surface area contributed by atoms with Crippen molar-refractivity contribution < 1.29 is 0 Å². The number of aromatic nitrogens is 4. The molecule has 6 heteroatoms. The topological polar surface area (TPSA) is 51.6 Å². The van der Waals surface area contributed by atoms with Crippen molar-refractivity contribution in [2.75, 3.05) is 0 Å². The van der Waals surface area contributed by atoms with E-state index in [2.05, 4.69) is 82.4 Å². The minimum Gasteiger partial charge on any atom is -0.172 e. The Balaban J connectivity index is 1.66. The summed E-state index contributed by atoms with van der Waals surface area (Å²) in [6.45, 7) is 4.13. The first-order chi connectivity index (χ1) is 15.7. The summed E-state index contributed by atoms with van der Waals surface area (Å²) in [5.74, 6) is 0. The molecule has 4 nitrogen and oxygen atoms in total. The van der Waals surface area contributed by atoms with Gasteiger partial charge < -0.3 is 0 Å². The van der Waals surface area contributed by atoms with Crippen molar-refractivity contribution in [2.24, 2.45) is 0 Å². The average Bonchev–Trinajstić information content (AvgIpc) is 3.50. The first-order valence-electron chi connectivity index (χ1n) is 10.4. The van der Waals surface area contributed by atoms with Crippen molar-refractivity contribution in [3.8, 4) is 22.3 Å². The maximum atomic E-state index is 4.69. The van der Waals surface area contributed by atoms with E-state index < -0.39 is 0 Å². The number of nitrogens with zero attached hydrogens (tertiary/aromatic N) is 4. The van der Waals surface area contributed by atoms with Crippen LogP contribution in [0, 0.1) is 6.92 Å². The van der Waals surface area contributed by atoms with Crippen LogP contribution in [0.15, 0.2) is 66.7 Å². The minimum atomic E-state index is 0.920. The van der Waals surface area contributed by atoms with Gasteiger partial charge in [0.1, 0.15) is 22.1 Å². The Bertz CT molecular complexity index is 1630. The molecular weight excluding hydrogens is 432 g/mol. The maximum Gasteiger partial charge on any atom is 0.113 e. The zero-order chi connectivity index (χ0) is 21.7. The fraction of sp³-hybridized carbons (Fsp3) is 0.0769. The molecule has 0 aliphatic heterocycles. The summed E-state index contributed by atoms with van der Waals surface area (Å²) >= 11 is 2.51. The van der Waals surface area contributed by atoms with Crippen molar-refractivity contribution in [3.05, 3.63) is 77.9 Å². The quantitative estimate of drug-likeness (QED) is 0.280. The maximum absolute atomic E-state index is 4.69. The monoisotopic (exact) mass is 450 g/mol. The Morgan fingerprint density at radius 2 is 1.09 bits per heavy atom. The van der Waals surface area contributed by atoms with Crippen LogP contribution in [0.25, 0.3) is 61.2 Å². The van der Waals surface area contributed by atoms with Crippen LogP contribution in [0.1, 0.15) is 18.1 Å². The number of hydrogen-bond acceptors (Lipinski definition) is 6.